The summed E-state index contributed by atoms with van der Waals surface area (Å²) < 4.78 is 2.77. The average Bonchev–Trinajstić information content (AvgIpc) is 2.53. The van der Waals surface area contributed by atoms with Crippen LogP contribution in [0.5, 0.6) is 0 Å². The van der Waals surface area contributed by atoms with Crippen LogP contribution < -0.4 is 16.4 Å². The molecular formula is C15H19ClN4O3. The van der Waals surface area contributed by atoms with E-state index in [-0.39, 0.29) is 24.2 Å². The third-order valence-electron chi connectivity index (χ3n) is 4.18. The fourth-order valence-electron chi connectivity index (χ4n) is 2.93. The first kappa shape index (κ1) is 17.4. The lowest BCUT2D eigenvalue weighted by Gasteiger charge is -2.26. The van der Waals surface area contributed by atoms with Crippen LogP contribution in [-0.2, 0) is 7.05 Å². The Morgan fingerprint density at radius 2 is 1.87 bits per heavy atom. The molecule has 0 atom stereocenters. The summed E-state index contributed by atoms with van der Waals surface area (Å²) in [6.07, 6.45) is 1.52. The lowest BCUT2D eigenvalue weighted by molar-refractivity contribution is 0.101. The summed E-state index contributed by atoms with van der Waals surface area (Å²) in [6.45, 7) is 3.02. The zero-order valence-corrected chi connectivity index (χ0v) is 13.9. The van der Waals surface area contributed by atoms with Gasteiger partial charge >= 0.3 is 11.1 Å². The number of aryl methyl sites for hydroxylation is 1. The number of ketones is 1. The highest BCUT2D eigenvalue weighted by Crippen LogP contribution is 2.20. The lowest BCUT2D eigenvalue weighted by atomic mass is 10.1. The molecular weight excluding hydrogens is 320 g/mol. The zero-order chi connectivity index (χ0) is 15.9. The number of pyridine rings is 1. The van der Waals surface area contributed by atoms with E-state index >= 15 is 0 Å². The van der Waals surface area contributed by atoms with Gasteiger partial charge in [-0.2, -0.15) is 0 Å². The van der Waals surface area contributed by atoms with Crippen molar-refractivity contribution in [1.29, 1.82) is 0 Å². The number of halogens is 1. The Balaban J connectivity index is 0.00000192. The quantitative estimate of drug-likeness (QED) is 0.641. The standard InChI is InChI=1S/C15H18N4O3.ClH/c1-9(20)11-3-4-12-13(17-11)19(10-5-7-16-8-6-10)15(22)14(21)18(12)2;/h3-4,10,16H,5-8H2,1-2H3;1H. The van der Waals surface area contributed by atoms with E-state index in [2.05, 4.69) is 10.3 Å². The fraction of sp³-hybridized carbons (Fsp3) is 0.467. The maximum atomic E-state index is 12.5. The van der Waals surface area contributed by atoms with E-state index < -0.39 is 11.1 Å². The molecule has 1 fully saturated rings. The Hall–Kier alpha value is -1.99. The van der Waals surface area contributed by atoms with Crippen molar-refractivity contribution in [2.24, 2.45) is 7.05 Å². The highest BCUT2D eigenvalue weighted by molar-refractivity contribution is 5.93. The van der Waals surface area contributed by atoms with Crippen molar-refractivity contribution < 1.29 is 4.79 Å². The van der Waals surface area contributed by atoms with Crippen molar-refractivity contribution in [2.75, 3.05) is 13.1 Å². The Morgan fingerprint density at radius 1 is 1.22 bits per heavy atom. The number of hydrogen-bond acceptors (Lipinski definition) is 5. The molecule has 1 aliphatic heterocycles. The van der Waals surface area contributed by atoms with Crippen molar-refractivity contribution in [3.05, 3.63) is 38.5 Å². The Bertz CT molecular complexity index is 865. The second-order valence-electron chi connectivity index (χ2n) is 5.62. The topological polar surface area (TPSA) is 86.0 Å². The van der Waals surface area contributed by atoms with Gasteiger partial charge in [-0.25, -0.2) is 4.98 Å². The molecule has 0 radical (unpaired) electrons. The van der Waals surface area contributed by atoms with Crippen LogP contribution in [0.15, 0.2) is 21.7 Å². The predicted octanol–water partition coefficient (Wildman–Crippen LogP) is 0.644. The summed E-state index contributed by atoms with van der Waals surface area (Å²) >= 11 is 0. The number of carbonyl (C=O) groups excluding carboxylic acids is 1. The van der Waals surface area contributed by atoms with Crippen molar-refractivity contribution in [3.63, 3.8) is 0 Å². The van der Waals surface area contributed by atoms with Crippen molar-refractivity contribution in [1.82, 2.24) is 19.4 Å². The van der Waals surface area contributed by atoms with Crippen LogP contribution in [0.3, 0.4) is 0 Å². The molecule has 3 rings (SSSR count). The van der Waals surface area contributed by atoms with Gasteiger partial charge in [0.1, 0.15) is 5.69 Å². The van der Waals surface area contributed by atoms with Crippen LogP contribution in [0.2, 0.25) is 0 Å². The summed E-state index contributed by atoms with van der Waals surface area (Å²) in [4.78, 5) is 40.6. The van der Waals surface area contributed by atoms with Gasteiger partial charge in [0.2, 0.25) is 0 Å². The Morgan fingerprint density at radius 3 is 2.48 bits per heavy atom. The van der Waals surface area contributed by atoms with E-state index in [0.29, 0.717) is 16.9 Å². The predicted molar refractivity (Wildman–Crippen MR) is 89.6 cm³/mol. The summed E-state index contributed by atoms with van der Waals surface area (Å²) in [5.41, 5.74) is 0.131. The molecule has 0 spiro atoms. The highest BCUT2D eigenvalue weighted by Gasteiger charge is 2.22. The average molecular weight is 339 g/mol. The number of nitrogens with one attached hydrogen (secondary N) is 1. The minimum atomic E-state index is -0.574. The van der Waals surface area contributed by atoms with E-state index in [1.54, 1.807) is 19.2 Å². The molecule has 124 valence electrons. The summed E-state index contributed by atoms with van der Waals surface area (Å²) in [6, 6.07) is 3.19. The highest BCUT2D eigenvalue weighted by atomic mass is 35.5. The molecule has 0 aromatic carbocycles. The van der Waals surface area contributed by atoms with Gasteiger partial charge in [0, 0.05) is 20.0 Å². The molecule has 3 heterocycles. The second kappa shape index (κ2) is 6.64. The molecule has 0 saturated carbocycles. The SMILES string of the molecule is CC(=O)c1ccc2c(n1)n(C1CCNCC1)c(=O)c(=O)n2C.Cl. The van der Waals surface area contributed by atoms with Gasteiger partial charge in [0.05, 0.1) is 5.52 Å². The first-order valence-corrected chi connectivity index (χ1v) is 7.34. The van der Waals surface area contributed by atoms with E-state index in [0.717, 1.165) is 25.9 Å². The normalized spacial score (nSPS) is 15.4. The van der Waals surface area contributed by atoms with Crippen LogP contribution in [0.25, 0.3) is 11.2 Å². The van der Waals surface area contributed by atoms with Crippen LogP contribution in [-0.4, -0.2) is 33.0 Å². The largest absolute Gasteiger partial charge is 0.318 e. The Kier molecular flexibility index (Phi) is 5.01. The van der Waals surface area contributed by atoms with Gasteiger partial charge in [-0.1, -0.05) is 0 Å². The van der Waals surface area contributed by atoms with Gasteiger partial charge < -0.3 is 9.88 Å². The lowest BCUT2D eigenvalue weighted by Crippen LogP contribution is -2.44. The minimum absolute atomic E-state index is 0. The number of hydrogen-bond donors (Lipinski definition) is 1. The summed E-state index contributed by atoms with van der Waals surface area (Å²) in [5.74, 6) is -0.167. The molecule has 0 bridgehead atoms. The van der Waals surface area contributed by atoms with Gasteiger partial charge in [0.25, 0.3) is 0 Å². The van der Waals surface area contributed by atoms with Crippen molar-refractivity contribution in [3.8, 4) is 0 Å². The number of carbonyl (C=O) groups is 1. The molecule has 1 aliphatic rings. The van der Waals surface area contributed by atoms with Gasteiger partial charge in [0.15, 0.2) is 11.4 Å². The maximum Gasteiger partial charge on any atom is 0.318 e. The molecule has 0 aliphatic carbocycles. The summed E-state index contributed by atoms with van der Waals surface area (Å²) in [7, 11) is 1.55. The number of piperidine rings is 1. The first-order chi connectivity index (χ1) is 10.5. The number of rotatable bonds is 2. The Labute approximate surface area is 138 Å². The molecule has 1 saturated heterocycles. The van der Waals surface area contributed by atoms with Gasteiger partial charge in [-0.05, 0) is 38.1 Å². The van der Waals surface area contributed by atoms with E-state index in [4.69, 9.17) is 0 Å². The van der Waals surface area contributed by atoms with Gasteiger partial charge in [-0.15, -0.1) is 12.4 Å². The van der Waals surface area contributed by atoms with Crippen LogP contribution >= 0.6 is 12.4 Å². The monoisotopic (exact) mass is 338 g/mol. The number of nitrogens with zero attached hydrogens (tertiary/aromatic N) is 3. The second-order valence-corrected chi connectivity index (χ2v) is 5.62. The molecule has 0 amide bonds. The van der Waals surface area contributed by atoms with Crippen LogP contribution in [0, 0.1) is 0 Å². The first-order valence-electron chi connectivity index (χ1n) is 7.34. The molecule has 23 heavy (non-hydrogen) atoms. The number of aromatic nitrogens is 3. The number of fused-ring (bicyclic) bond motifs is 1. The molecule has 2 aromatic rings. The molecule has 1 N–H and O–H groups in total. The summed E-state index contributed by atoms with van der Waals surface area (Å²) in [5, 5.41) is 3.23. The van der Waals surface area contributed by atoms with Gasteiger partial charge in [-0.3, -0.25) is 19.0 Å². The van der Waals surface area contributed by atoms with Crippen LogP contribution in [0.1, 0.15) is 36.3 Å². The maximum absolute atomic E-state index is 12.5. The van der Waals surface area contributed by atoms with E-state index in [1.807, 2.05) is 0 Å². The molecule has 0 unspecified atom stereocenters. The number of Topliss-reactive ketones (excluding diaryl/α,β-unsaturated/α-hetero) is 1. The third-order valence-corrected chi connectivity index (χ3v) is 4.18. The molecule has 2 aromatic heterocycles. The molecule has 7 nitrogen and oxygen atoms in total. The van der Waals surface area contributed by atoms with Crippen molar-refractivity contribution >= 4 is 29.4 Å². The smallest absolute Gasteiger partial charge is 0.317 e. The fourth-order valence-corrected chi connectivity index (χ4v) is 2.93. The minimum Gasteiger partial charge on any atom is -0.317 e. The van der Waals surface area contributed by atoms with E-state index in [1.165, 1.54) is 16.1 Å². The van der Waals surface area contributed by atoms with E-state index in [9.17, 15) is 14.4 Å². The zero-order valence-electron chi connectivity index (χ0n) is 13.0. The van der Waals surface area contributed by atoms with Crippen LogP contribution in [0.4, 0.5) is 0 Å². The van der Waals surface area contributed by atoms with Crippen molar-refractivity contribution in [2.45, 2.75) is 25.8 Å². The molecule has 8 heteroatoms. The third kappa shape index (κ3) is 2.94.